The fraction of sp³-hybridized carbons (Fsp3) is 0.462. The second-order valence-corrected chi connectivity index (χ2v) is 4.60. The SMILES string of the molecule is COc1cc(N)ccc1CN1CCCC1C(N)=O. The van der Waals surface area contributed by atoms with Gasteiger partial charge >= 0.3 is 0 Å². The number of carbonyl (C=O) groups is 1. The Balaban J connectivity index is 2.16. The molecule has 1 atom stereocenters. The maximum atomic E-state index is 11.3. The molecule has 1 fully saturated rings. The normalized spacial score (nSPS) is 19.9. The lowest BCUT2D eigenvalue weighted by atomic mass is 10.1. The highest BCUT2D eigenvalue weighted by Gasteiger charge is 2.29. The molecule has 5 heteroatoms. The van der Waals surface area contributed by atoms with E-state index in [9.17, 15) is 4.79 Å². The van der Waals surface area contributed by atoms with Crippen molar-refractivity contribution >= 4 is 11.6 Å². The average Bonchev–Trinajstić information content (AvgIpc) is 2.79. The van der Waals surface area contributed by atoms with Crippen molar-refractivity contribution < 1.29 is 9.53 Å². The summed E-state index contributed by atoms with van der Waals surface area (Å²) in [4.78, 5) is 13.4. The fourth-order valence-corrected chi connectivity index (χ4v) is 2.45. The van der Waals surface area contributed by atoms with Crippen LogP contribution in [0, 0.1) is 0 Å². The predicted molar refractivity (Wildman–Crippen MR) is 70.0 cm³/mol. The third kappa shape index (κ3) is 2.56. The molecular formula is C13H19N3O2. The molecule has 1 unspecified atom stereocenters. The van der Waals surface area contributed by atoms with Gasteiger partial charge < -0.3 is 16.2 Å². The molecule has 1 aromatic rings. The van der Waals surface area contributed by atoms with Crippen molar-refractivity contribution in [3.05, 3.63) is 23.8 Å². The van der Waals surface area contributed by atoms with Crippen LogP contribution >= 0.6 is 0 Å². The first-order chi connectivity index (χ1) is 8.61. The summed E-state index contributed by atoms with van der Waals surface area (Å²) in [6, 6.07) is 5.41. The number of amides is 1. The van der Waals surface area contributed by atoms with E-state index in [0.717, 1.165) is 30.7 Å². The van der Waals surface area contributed by atoms with Gasteiger partial charge in [-0.15, -0.1) is 0 Å². The Labute approximate surface area is 107 Å². The fourth-order valence-electron chi connectivity index (χ4n) is 2.45. The van der Waals surface area contributed by atoms with Gasteiger partial charge in [0, 0.05) is 23.9 Å². The number of carbonyl (C=O) groups excluding carboxylic acids is 1. The van der Waals surface area contributed by atoms with E-state index in [1.165, 1.54) is 0 Å². The largest absolute Gasteiger partial charge is 0.496 e. The number of rotatable bonds is 4. The summed E-state index contributed by atoms with van der Waals surface area (Å²) in [5.74, 6) is 0.507. The Morgan fingerprint density at radius 1 is 1.56 bits per heavy atom. The average molecular weight is 249 g/mol. The highest BCUT2D eigenvalue weighted by atomic mass is 16.5. The quantitative estimate of drug-likeness (QED) is 0.771. The number of ether oxygens (including phenoxy) is 1. The van der Waals surface area contributed by atoms with Gasteiger partial charge in [0.1, 0.15) is 5.75 Å². The topological polar surface area (TPSA) is 81.6 Å². The Morgan fingerprint density at radius 3 is 3.00 bits per heavy atom. The molecule has 2 rings (SSSR count). The van der Waals surface area contributed by atoms with Gasteiger partial charge in [-0.25, -0.2) is 0 Å². The summed E-state index contributed by atoms with van der Waals surface area (Å²) in [5, 5.41) is 0. The molecule has 0 saturated carbocycles. The summed E-state index contributed by atoms with van der Waals surface area (Å²) in [6.07, 6.45) is 1.84. The zero-order valence-corrected chi connectivity index (χ0v) is 10.6. The van der Waals surface area contributed by atoms with Gasteiger partial charge in [-0.05, 0) is 25.5 Å². The molecule has 0 aromatic heterocycles. The molecule has 4 N–H and O–H groups in total. The lowest BCUT2D eigenvalue weighted by Crippen LogP contribution is -2.39. The van der Waals surface area contributed by atoms with Crippen molar-refractivity contribution in [2.24, 2.45) is 5.73 Å². The number of methoxy groups -OCH3 is 1. The van der Waals surface area contributed by atoms with E-state index >= 15 is 0 Å². The van der Waals surface area contributed by atoms with Crippen LogP contribution in [-0.2, 0) is 11.3 Å². The van der Waals surface area contributed by atoms with E-state index in [1.54, 1.807) is 13.2 Å². The number of nitrogen functional groups attached to an aromatic ring is 1. The number of hydrogen-bond acceptors (Lipinski definition) is 4. The second kappa shape index (κ2) is 5.27. The van der Waals surface area contributed by atoms with Gasteiger partial charge in [0.25, 0.3) is 0 Å². The number of benzene rings is 1. The first kappa shape index (κ1) is 12.7. The van der Waals surface area contributed by atoms with E-state index < -0.39 is 0 Å². The maximum absolute atomic E-state index is 11.3. The molecule has 0 spiro atoms. The third-order valence-electron chi connectivity index (χ3n) is 3.38. The van der Waals surface area contributed by atoms with Crippen molar-refractivity contribution in [1.29, 1.82) is 0 Å². The molecule has 1 heterocycles. The molecule has 1 aromatic carbocycles. The van der Waals surface area contributed by atoms with Crippen LogP contribution in [0.25, 0.3) is 0 Å². The number of nitrogens with two attached hydrogens (primary N) is 2. The van der Waals surface area contributed by atoms with Crippen LogP contribution in [0.15, 0.2) is 18.2 Å². The van der Waals surface area contributed by atoms with Crippen molar-refractivity contribution in [3.8, 4) is 5.75 Å². The number of likely N-dealkylation sites (tertiary alicyclic amines) is 1. The van der Waals surface area contributed by atoms with Crippen molar-refractivity contribution in [3.63, 3.8) is 0 Å². The van der Waals surface area contributed by atoms with Crippen LogP contribution in [0.5, 0.6) is 5.75 Å². The molecule has 18 heavy (non-hydrogen) atoms. The van der Waals surface area contributed by atoms with Crippen LogP contribution in [-0.4, -0.2) is 30.5 Å². The summed E-state index contributed by atoms with van der Waals surface area (Å²) in [5.41, 5.74) is 12.8. The Bertz CT molecular complexity index is 448. The highest BCUT2D eigenvalue weighted by molar-refractivity contribution is 5.80. The van der Waals surface area contributed by atoms with Crippen molar-refractivity contribution in [2.45, 2.75) is 25.4 Å². The maximum Gasteiger partial charge on any atom is 0.234 e. The molecule has 98 valence electrons. The molecule has 1 aliphatic heterocycles. The zero-order chi connectivity index (χ0) is 13.1. The summed E-state index contributed by atoms with van der Waals surface area (Å²) in [7, 11) is 1.62. The summed E-state index contributed by atoms with van der Waals surface area (Å²) >= 11 is 0. The van der Waals surface area contributed by atoms with Crippen LogP contribution < -0.4 is 16.2 Å². The third-order valence-corrected chi connectivity index (χ3v) is 3.38. The molecule has 1 amide bonds. The van der Waals surface area contributed by atoms with Crippen molar-refractivity contribution in [1.82, 2.24) is 4.90 Å². The molecule has 5 nitrogen and oxygen atoms in total. The van der Waals surface area contributed by atoms with Gasteiger partial charge in [-0.3, -0.25) is 9.69 Å². The minimum absolute atomic E-state index is 0.160. The van der Waals surface area contributed by atoms with Crippen LogP contribution in [0.3, 0.4) is 0 Å². The summed E-state index contributed by atoms with van der Waals surface area (Å²) in [6.45, 7) is 1.55. The lowest BCUT2D eigenvalue weighted by Gasteiger charge is -2.22. The van der Waals surface area contributed by atoms with Crippen molar-refractivity contribution in [2.75, 3.05) is 19.4 Å². The Kier molecular flexibility index (Phi) is 3.72. The first-order valence-corrected chi connectivity index (χ1v) is 6.07. The second-order valence-electron chi connectivity index (χ2n) is 4.60. The van der Waals surface area contributed by atoms with Gasteiger partial charge in [0.05, 0.1) is 13.2 Å². The highest BCUT2D eigenvalue weighted by Crippen LogP contribution is 2.26. The lowest BCUT2D eigenvalue weighted by molar-refractivity contribution is -0.122. The molecule has 1 saturated heterocycles. The standard InChI is InChI=1S/C13H19N3O2/c1-18-12-7-10(14)5-4-9(12)8-16-6-2-3-11(16)13(15)17/h4-5,7,11H,2-3,6,8,14H2,1H3,(H2,15,17). The molecule has 0 bridgehead atoms. The van der Waals surface area contributed by atoms with Crippen LogP contribution in [0.1, 0.15) is 18.4 Å². The van der Waals surface area contributed by atoms with Gasteiger partial charge in [-0.1, -0.05) is 6.07 Å². The zero-order valence-electron chi connectivity index (χ0n) is 10.6. The minimum Gasteiger partial charge on any atom is -0.496 e. The molecule has 0 aliphatic carbocycles. The molecule has 1 aliphatic rings. The van der Waals surface area contributed by atoms with E-state index in [2.05, 4.69) is 4.90 Å². The number of anilines is 1. The van der Waals surface area contributed by atoms with Crippen LogP contribution in [0.2, 0.25) is 0 Å². The van der Waals surface area contributed by atoms with E-state index in [1.807, 2.05) is 12.1 Å². The number of primary amides is 1. The minimum atomic E-state index is -0.248. The predicted octanol–water partition coefficient (Wildman–Crippen LogP) is 0.727. The summed E-state index contributed by atoms with van der Waals surface area (Å²) < 4.78 is 5.31. The van der Waals surface area contributed by atoms with Gasteiger partial charge in [0.15, 0.2) is 0 Å². The smallest absolute Gasteiger partial charge is 0.234 e. The van der Waals surface area contributed by atoms with Gasteiger partial charge in [0.2, 0.25) is 5.91 Å². The molecular weight excluding hydrogens is 230 g/mol. The van der Waals surface area contributed by atoms with E-state index in [0.29, 0.717) is 12.2 Å². The van der Waals surface area contributed by atoms with Crippen LogP contribution in [0.4, 0.5) is 5.69 Å². The van der Waals surface area contributed by atoms with Gasteiger partial charge in [-0.2, -0.15) is 0 Å². The first-order valence-electron chi connectivity index (χ1n) is 6.07. The Morgan fingerprint density at radius 2 is 2.33 bits per heavy atom. The molecule has 0 radical (unpaired) electrons. The van der Waals surface area contributed by atoms with E-state index in [4.69, 9.17) is 16.2 Å². The Hall–Kier alpha value is -1.75. The number of hydrogen-bond donors (Lipinski definition) is 2. The number of nitrogens with zero attached hydrogens (tertiary/aromatic N) is 1. The monoisotopic (exact) mass is 249 g/mol. The van der Waals surface area contributed by atoms with E-state index in [-0.39, 0.29) is 11.9 Å².